The van der Waals surface area contributed by atoms with Gasteiger partial charge in [0.25, 0.3) is 0 Å². The molecule has 1 atom stereocenters. The predicted molar refractivity (Wildman–Crippen MR) is 58.3 cm³/mol. The number of likely N-dealkylation sites (N-methyl/N-ethyl adjacent to an activating group) is 1. The highest BCUT2D eigenvalue weighted by molar-refractivity contribution is 5.87. The summed E-state index contributed by atoms with van der Waals surface area (Å²) in [5.74, 6) is -0.927. The number of aliphatic carboxylic acids is 1. The summed E-state index contributed by atoms with van der Waals surface area (Å²) in [7, 11) is 0. The summed E-state index contributed by atoms with van der Waals surface area (Å²) >= 11 is 0. The normalized spacial score (nSPS) is 12.5. The number of carbonyl (C=O) groups is 1. The van der Waals surface area contributed by atoms with Gasteiger partial charge in [-0.05, 0) is 19.5 Å². The molecule has 0 saturated heterocycles. The molecule has 0 fully saturated rings. The van der Waals surface area contributed by atoms with Crippen molar-refractivity contribution in [3.8, 4) is 0 Å². The molecule has 0 aliphatic heterocycles. The van der Waals surface area contributed by atoms with Gasteiger partial charge in [-0.1, -0.05) is 26.5 Å². The number of carboxylic acids is 1. The summed E-state index contributed by atoms with van der Waals surface area (Å²) in [6.07, 6.45) is 2.36. The van der Waals surface area contributed by atoms with Crippen molar-refractivity contribution < 1.29 is 9.90 Å². The summed E-state index contributed by atoms with van der Waals surface area (Å²) in [5.41, 5.74) is 0.244. The third kappa shape index (κ3) is 3.34. The third-order valence-electron chi connectivity index (χ3n) is 2.32. The Hall–Kier alpha value is -1.09. The zero-order valence-corrected chi connectivity index (χ0v) is 8.99. The molecular weight excluding hydrogens is 178 g/mol. The van der Waals surface area contributed by atoms with Gasteiger partial charge in [-0.3, -0.25) is 4.90 Å². The number of hydrogen-bond donors (Lipinski definition) is 1. The van der Waals surface area contributed by atoms with Crippen LogP contribution in [0, 0.1) is 0 Å². The molecule has 3 heteroatoms. The van der Waals surface area contributed by atoms with Crippen LogP contribution in [0.1, 0.15) is 20.3 Å². The average molecular weight is 197 g/mol. The van der Waals surface area contributed by atoms with Gasteiger partial charge in [0, 0.05) is 11.6 Å². The minimum Gasteiger partial charge on any atom is -0.478 e. The van der Waals surface area contributed by atoms with E-state index in [4.69, 9.17) is 5.11 Å². The lowest BCUT2D eigenvalue weighted by Gasteiger charge is -2.28. The highest BCUT2D eigenvalue weighted by atomic mass is 16.4. The molecule has 1 N–H and O–H groups in total. The van der Waals surface area contributed by atoms with E-state index in [1.807, 2.05) is 13.8 Å². The van der Waals surface area contributed by atoms with Crippen molar-refractivity contribution >= 4 is 5.97 Å². The van der Waals surface area contributed by atoms with Gasteiger partial charge in [0.1, 0.15) is 0 Å². The summed E-state index contributed by atoms with van der Waals surface area (Å²) in [6.45, 7) is 12.9. The van der Waals surface area contributed by atoms with Crippen LogP contribution in [-0.4, -0.2) is 35.1 Å². The quantitative estimate of drug-likeness (QED) is 0.500. The van der Waals surface area contributed by atoms with Crippen LogP contribution >= 0.6 is 0 Å². The minimum atomic E-state index is -0.927. The fourth-order valence-electron chi connectivity index (χ4n) is 1.48. The van der Waals surface area contributed by atoms with Crippen LogP contribution in [0.4, 0.5) is 0 Å². The van der Waals surface area contributed by atoms with Crippen LogP contribution in [0.15, 0.2) is 24.8 Å². The maximum absolute atomic E-state index is 10.8. The van der Waals surface area contributed by atoms with Gasteiger partial charge >= 0.3 is 5.97 Å². The van der Waals surface area contributed by atoms with Gasteiger partial charge in [-0.25, -0.2) is 4.79 Å². The van der Waals surface area contributed by atoms with E-state index < -0.39 is 5.97 Å². The Bertz CT molecular complexity index is 219. The number of carboxylic acid groups (broad SMARTS) is 1. The van der Waals surface area contributed by atoms with Crippen molar-refractivity contribution in [1.29, 1.82) is 0 Å². The summed E-state index contributed by atoms with van der Waals surface area (Å²) in [5, 5.41) is 8.86. The van der Waals surface area contributed by atoms with Gasteiger partial charge in [0.05, 0.1) is 0 Å². The molecular formula is C11H19NO2. The Labute approximate surface area is 85.7 Å². The molecule has 0 aliphatic rings. The minimum absolute atomic E-state index is 0.125. The lowest BCUT2D eigenvalue weighted by Crippen LogP contribution is -2.37. The van der Waals surface area contributed by atoms with E-state index in [0.29, 0.717) is 6.42 Å². The molecule has 0 bridgehead atoms. The number of nitrogens with zero attached hydrogens (tertiary/aromatic N) is 1. The maximum atomic E-state index is 10.8. The highest BCUT2D eigenvalue weighted by Crippen LogP contribution is 2.13. The smallest absolute Gasteiger partial charge is 0.332 e. The molecule has 0 saturated carbocycles. The van der Waals surface area contributed by atoms with Crippen molar-refractivity contribution in [2.24, 2.45) is 0 Å². The van der Waals surface area contributed by atoms with Crippen LogP contribution in [0.5, 0.6) is 0 Å². The first-order valence-electron chi connectivity index (χ1n) is 4.85. The molecule has 0 amide bonds. The van der Waals surface area contributed by atoms with Gasteiger partial charge in [0.2, 0.25) is 0 Å². The molecule has 0 spiro atoms. The second kappa shape index (κ2) is 6.38. The molecule has 0 rings (SSSR count). The first-order valence-corrected chi connectivity index (χ1v) is 4.85. The van der Waals surface area contributed by atoms with E-state index in [1.54, 1.807) is 6.08 Å². The summed E-state index contributed by atoms with van der Waals surface area (Å²) < 4.78 is 0. The van der Waals surface area contributed by atoms with E-state index in [2.05, 4.69) is 18.1 Å². The van der Waals surface area contributed by atoms with Crippen LogP contribution in [0.3, 0.4) is 0 Å². The molecule has 0 radical (unpaired) electrons. The topological polar surface area (TPSA) is 40.5 Å². The Balaban J connectivity index is 4.63. The maximum Gasteiger partial charge on any atom is 0.332 e. The van der Waals surface area contributed by atoms with E-state index in [1.165, 1.54) is 0 Å². The number of rotatable bonds is 7. The molecule has 3 nitrogen and oxygen atoms in total. The first-order chi connectivity index (χ1) is 6.58. The molecule has 0 heterocycles. The standard InChI is InChI=1S/C11H19NO2/c1-5-8-10(9(4)11(13)14)12(6-2)7-3/h5,10H,1,4,6-8H2,2-3H3,(H,13,14). The van der Waals surface area contributed by atoms with Gasteiger partial charge in [0.15, 0.2) is 0 Å². The third-order valence-corrected chi connectivity index (χ3v) is 2.32. The Kier molecular flexibility index (Phi) is 5.88. The van der Waals surface area contributed by atoms with E-state index >= 15 is 0 Å². The van der Waals surface area contributed by atoms with Crippen molar-refractivity contribution in [1.82, 2.24) is 4.90 Å². The second-order valence-electron chi connectivity index (χ2n) is 3.09. The molecule has 80 valence electrons. The van der Waals surface area contributed by atoms with Crippen molar-refractivity contribution in [2.45, 2.75) is 26.3 Å². The zero-order valence-electron chi connectivity index (χ0n) is 8.99. The first kappa shape index (κ1) is 12.9. The van der Waals surface area contributed by atoms with Crippen molar-refractivity contribution in [3.63, 3.8) is 0 Å². The van der Waals surface area contributed by atoms with Crippen molar-refractivity contribution in [2.75, 3.05) is 13.1 Å². The van der Waals surface area contributed by atoms with Gasteiger partial charge in [-0.2, -0.15) is 0 Å². The van der Waals surface area contributed by atoms with Crippen LogP contribution in [0.25, 0.3) is 0 Å². The van der Waals surface area contributed by atoms with Crippen LogP contribution in [0.2, 0.25) is 0 Å². The average Bonchev–Trinajstić information content (AvgIpc) is 2.17. The lowest BCUT2D eigenvalue weighted by atomic mass is 10.0. The van der Waals surface area contributed by atoms with Crippen LogP contribution in [-0.2, 0) is 4.79 Å². The molecule has 0 aromatic rings. The highest BCUT2D eigenvalue weighted by Gasteiger charge is 2.21. The monoisotopic (exact) mass is 197 g/mol. The fourth-order valence-corrected chi connectivity index (χ4v) is 1.48. The van der Waals surface area contributed by atoms with Gasteiger partial charge < -0.3 is 5.11 Å². The SMILES string of the molecule is C=CCC(C(=C)C(=O)O)N(CC)CC. The lowest BCUT2D eigenvalue weighted by molar-refractivity contribution is -0.133. The molecule has 0 aromatic carbocycles. The summed E-state index contributed by atoms with van der Waals surface area (Å²) in [4.78, 5) is 12.9. The van der Waals surface area contributed by atoms with Crippen molar-refractivity contribution in [3.05, 3.63) is 24.8 Å². The van der Waals surface area contributed by atoms with E-state index in [0.717, 1.165) is 13.1 Å². The Morgan fingerprint density at radius 3 is 2.29 bits per heavy atom. The Morgan fingerprint density at radius 1 is 1.50 bits per heavy atom. The largest absolute Gasteiger partial charge is 0.478 e. The predicted octanol–water partition coefficient (Wildman–Crippen LogP) is 1.91. The fraction of sp³-hybridized carbons (Fsp3) is 0.545. The molecule has 1 unspecified atom stereocenters. The molecule has 0 aliphatic carbocycles. The van der Waals surface area contributed by atoms with Gasteiger partial charge in [-0.15, -0.1) is 6.58 Å². The van der Waals surface area contributed by atoms with E-state index in [-0.39, 0.29) is 11.6 Å². The summed E-state index contributed by atoms with van der Waals surface area (Å²) in [6, 6.07) is -0.125. The number of hydrogen-bond acceptors (Lipinski definition) is 2. The molecule has 14 heavy (non-hydrogen) atoms. The zero-order chi connectivity index (χ0) is 11.1. The van der Waals surface area contributed by atoms with E-state index in [9.17, 15) is 4.79 Å². The second-order valence-corrected chi connectivity index (χ2v) is 3.09. The Morgan fingerprint density at radius 2 is 2.00 bits per heavy atom. The van der Waals surface area contributed by atoms with Crippen LogP contribution < -0.4 is 0 Å². The molecule has 0 aromatic heterocycles.